The first-order chi connectivity index (χ1) is 14.6. The predicted molar refractivity (Wildman–Crippen MR) is 109 cm³/mol. The Morgan fingerprint density at radius 2 is 1.93 bits per heavy atom. The maximum atomic E-state index is 13.8. The lowest BCUT2D eigenvalue weighted by molar-refractivity contribution is 0.619. The van der Waals surface area contributed by atoms with Crippen LogP contribution >= 0.6 is 0 Å². The smallest absolute Gasteiger partial charge is 0.149 e. The van der Waals surface area contributed by atoms with Gasteiger partial charge in [0.25, 0.3) is 0 Å². The maximum Gasteiger partial charge on any atom is 0.149 e. The van der Waals surface area contributed by atoms with Crippen LogP contribution in [0.2, 0.25) is 0 Å². The first-order valence-corrected chi connectivity index (χ1v) is 9.09. The molecule has 4 aromatic rings. The second-order valence-electron chi connectivity index (χ2n) is 5.81. The molecule has 0 aliphatic heterocycles. The summed E-state index contributed by atoms with van der Waals surface area (Å²) in [7, 11) is 0. The molecule has 3 heterocycles. The van der Waals surface area contributed by atoms with Gasteiger partial charge in [-0.15, -0.1) is 0 Å². The van der Waals surface area contributed by atoms with Gasteiger partial charge >= 0.3 is 0 Å². The van der Waals surface area contributed by atoms with E-state index in [0.29, 0.717) is 22.5 Å². The fourth-order valence-corrected chi connectivity index (χ4v) is 2.83. The molecular formula is C20H18F2N8. The Hall–Kier alpha value is -4.13. The number of nitrogens with two attached hydrogens (primary N) is 1. The average molecular weight is 408 g/mol. The predicted octanol–water partition coefficient (Wildman–Crippen LogP) is 3.58. The SMILES string of the molecule is CC.N#Cc1c(N)ncnc1NCc1nc2ccc(F)cc2n1-c1cncc(F)c1. The second kappa shape index (κ2) is 8.91. The molecule has 0 spiro atoms. The van der Waals surface area contributed by atoms with Crippen molar-refractivity contribution >= 4 is 22.7 Å². The zero-order valence-electron chi connectivity index (χ0n) is 16.3. The van der Waals surface area contributed by atoms with Crippen LogP contribution in [0.1, 0.15) is 25.2 Å². The summed E-state index contributed by atoms with van der Waals surface area (Å²) in [5, 5.41) is 12.2. The number of halogens is 2. The minimum Gasteiger partial charge on any atom is -0.382 e. The van der Waals surface area contributed by atoms with Gasteiger partial charge in [-0.05, 0) is 12.1 Å². The maximum absolute atomic E-state index is 13.8. The van der Waals surface area contributed by atoms with Crippen LogP contribution < -0.4 is 11.1 Å². The zero-order valence-corrected chi connectivity index (χ0v) is 16.3. The van der Waals surface area contributed by atoms with E-state index in [0.717, 1.165) is 6.20 Å². The van der Waals surface area contributed by atoms with Gasteiger partial charge in [0.15, 0.2) is 0 Å². The molecule has 1 aromatic carbocycles. The van der Waals surface area contributed by atoms with Crippen LogP contribution in [-0.2, 0) is 6.54 Å². The summed E-state index contributed by atoms with van der Waals surface area (Å²) in [6.07, 6.45) is 3.75. The van der Waals surface area contributed by atoms with Crippen molar-refractivity contribution in [2.45, 2.75) is 20.4 Å². The topological polar surface area (TPSA) is 118 Å². The molecule has 0 aliphatic rings. The summed E-state index contributed by atoms with van der Waals surface area (Å²) in [5.74, 6) is -0.269. The molecule has 0 bridgehead atoms. The molecule has 0 radical (unpaired) electrons. The number of hydrogen-bond acceptors (Lipinski definition) is 7. The van der Waals surface area contributed by atoms with Gasteiger partial charge < -0.3 is 11.1 Å². The molecule has 152 valence electrons. The van der Waals surface area contributed by atoms with E-state index in [1.54, 1.807) is 4.57 Å². The molecule has 8 nitrogen and oxygen atoms in total. The van der Waals surface area contributed by atoms with Crippen molar-refractivity contribution in [1.82, 2.24) is 24.5 Å². The van der Waals surface area contributed by atoms with Crippen molar-refractivity contribution in [1.29, 1.82) is 5.26 Å². The van der Waals surface area contributed by atoms with Crippen LogP contribution in [0.15, 0.2) is 43.0 Å². The van der Waals surface area contributed by atoms with Gasteiger partial charge in [-0.3, -0.25) is 9.55 Å². The van der Waals surface area contributed by atoms with E-state index in [1.165, 1.54) is 36.8 Å². The number of nitrogens with one attached hydrogen (secondary N) is 1. The Morgan fingerprint density at radius 3 is 2.67 bits per heavy atom. The molecule has 3 aromatic heterocycles. The Bertz CT molecular complexity index is 1230. The third-order valence-electron chi connectivity index (χ3n) is 4.04. The number of nitrogens with zero attached hydrogens (tertiary/aromatic N) is 6. The number of benzene rings is 1. The highest BCUT2D eigenvalue weighted by molar-refractivity contribution is 5.78. The summed E-state index contributed by atoms with van der Waals surface area (Å²) in [6.45, 7) is 4.11. The molecule has 0 atom stereocenters. The highest BCUT2D eigenvalue weighted by Crippen LogP contribution is 2.24. The molecule has 0 aliphatic carbocycles. The van der Waals surface area contributed by atoms with Gasteiger partial charge in [0.2, 0.25) is 0 Å². The standard InChI is InChI=1S/C18H12F2N8.C2H6/c19-10-1-2-14-15(4-10)28(12-3-11(20)6-23-7-12)16(27-14)8-24-18-13(5-21)17(22)25-9-26-18;1-2/h1-4,6-7,9H,8H2,(H3,22,24,25,26);1-2H3. The molecule has 0 amide bonds. The quantitative estimate of drug-likeness (QED) is 0.530. The summed E-state index contributed by atoms with van der Waals surface area (Å²) in [6, 6.07) is 7.33. The van der Waals surface area contributed by atoms with E-state index in [1.807, 2.05) is 19.9 Å². The first-order valence-electron chi connectivity index (χ1n) is 9.09. The monoisotopic (exact) mass is 408 g/mol. The van der Waals surface area contributed by atoms with E-state index in [2.05, 4.69) is 25.3 Å². The number of imidazole rings is 1. The van der Waals surface area contributed by atoms with Crippen molar-refractivity contribution < 1.29 is 8.78 Å². The van der Waals surface area contributed by atoms with E-state index in [4.69, 9.17) is 5.73 Å². The van der Waals surface area contributed by atoms with E-state index in [-0.39, 0.29) is 23.7 Å². The van der Waals surface area contributed by atoms with Crippen LogP contribution in [0.3, 0.4) is 0 Å². The normalized spacial score (nSPS) is 10.2. The van der Waals surface area contributed by atoms with Crippen molar-refractivity contribution in [3.05, 3.63) is 66.0 Å². The molecule has 0 saturated heterocycles. The number of nitriles is 1. The fraction of sp³-hybridized carbons (Fsp3) is 0.150. The molecule has 30 heavy (non-hydrogen) atoms. The Labute approximate surface area is 171 Å². The lowest BCUT2D eigenvalue weighted by atomic mass is 10.3. The molecular weight excluding hydrogens is 390 g/mol. The van der Waals surface area contributed by atoms with Gasteiger partial charge in [0, 0.05) is 12.1 Å². The molecule has 0 unspecified atom stereocenters. The lowest BCUT2D eigenvalue weighted by Crippen LogP contribution is -2.11. The molecule has 0 fully saturated rings. The number of pyridine rings is 1. The van der Waals surface area contributed by atoms with Crippen LogP contribution in [0.4, 0.5) is 20.4 Å². The van der Waals surface area contributed by atoms with Gasteiger partial charge in [-0.25, -0.2) is 23.7 Å². The van der Waals surface area contributed by atoms with E-state index in [9.17, 15) is 14.0 Å². The average Bonchev–Trinajstić information content (AvgIpc) is 3.11. The summed E-state index contributed by atoms with van der Waals surface area (Å²) < 4.78 is 29.1. The third kappa shape index (κ3) is 4.00. The van der Waals surface area contributed by atoms with Gasteiger partial charge in [-0.1, -0.05) is 13.8 Å². The number of aromatic nitrogens is 5. The minimum atomic E-state index is -0.537. The van der Waals surface area contributed by atoms with Crippen LogP contribution in [0.5, 0.6) is 0 Å². The highest BCUT2D eigenvalue weighted by Gasteiger charge is 2.16. The van der Waals surface area contributed by atoms with E-state index >= 15 is 0 Å². The van der Waals surface area contributed by atoms with E-state index < -0.39 is 11.6 Å². The number of anilines is 2. The molecule has 0 saturated carbocycles. The van der Waals surface area contributed by atoms with Crippen LogP contribution in [0.25, 0.3) is 16.7 Å². The Kier molecular flexibility index (Phi) is 6.12. The summed E-state index contributed by atoms with van der Waals surface area (Å²) in [4.78, 5) is 16.1. The number of hydrogen-bond donors (Lipinski definition) is 2. The van der Waals surface area contributed by atoms with Gasteiger partial charge in [-0.2, -0.15) is 5.26 Å². The van der Waals surface area contributed by atoms with Gasteiger partial charge in [0.1, 0.15) is 47.1 Å². The molecule has 3 N–H and O–H groups in total. The lowest BCUT2D eigenvalue weighted by Gasteiger charge is -2.11. The van der Waals surface area contributed by atoms with Crippen molar-refractivity contribution in [3.63, 3.8) is 0 Å². The molecule has 10 heteroatoms. The number of rotatable bonds is 4. The Balaban J connectivity index is 0.00000124. The fourth-order valence-electron chi connectivity index (χ4n) is 2.83. The highest BCUT2D eigenvalue weighted by atomic mass is 19.1. The first kappa shape index (κ1) is 20.6. The number of fused-ring (bicyclic) bond motifs is 1. The minimum absolute atomic E-state index is 0.0462. The Morgan fingerprint density at radius 1 is 1.13 bits per heavy atom. The van der Waals surface area contributed by atoms with Crippen LogP contribution in [-0.4, -0.2) is 24.5 Å². The van der Waals surface area contributed by atoms with Crippen molar-refractivity contribution in [2.75, 3.05) is 11.1 Å². The van der Waals surface area contributed by atoms with Crippen molar-refractivity contribution in [2.24, 2.45) is 0 Å². The van der Waals surface area contributed by atoms with Crippen LogP contribution in [0, 0.1) is 23.0 Å². The van der Waals surface area contributed by atoms with Gasteiger partial charge in [0.05, 0.1) is 35.7 Å². The zero-order chi connectivity index (χ0) is 21.7. The third-order valence-corrected chi connectivity index (χ3v) is 4.04. The molecule has 4 rings (SSSR count). The van der Waals surface area contributed by atoms with Crippen molar-refractivity contribution in [3.8, 4) is 11.8 Å². The summed E-state index contributed by atoms with van der Waals surface area (Å²) in [5.41, 5.74) is 7.14. The summed E-state index contributed by atoms with van der Waals surface area (Å²) >= 11 is 0. The second-order valence-corrected chi connectivity index (χ2v) is 5.81. The number of nitrogen functional groups attached to an aromatic ring is 1. The largest absolute Gasteiger partial charge is 0.382 e.